The number of pyridine rings is 2. The number of aromatic nitrogens is 2. The molecule has 0 saturated heterocycles. The summed E-state index contributed by atoms with van der Waals surface area (Å²) in [4.78, 5) is 22.5. The maximum atomic E-state index is 14.1. The first-order valence-electron chi connectivity index (χ1n) is 11.0. The molecule has 0 radical (unpaired) electrons. The number of rotatable bonds is 8. The van der Waals surface area contributed by atoms with E-state index in [1.54, 1.807) is 24.8 Å². The zero-order chi connectivity index (χ0) is 22.3. The van der Waals surface area contributed by atoms with Crippen LogP contribution in [0.15, 0.2) is 97.6 Å². The number of carbonyl (C=O) groups is 1. The fourth-order valence-corrected chi connectivity index (χ4v) is 4.12. The third-order valence-corrected chi connectivity index (χ3v) is 6.02. The smallest absolute Gasteiger partial charge is 0.148 e. The topological polar surface area (TPSA) is 42.9 Å². The van der Waals surface area contributed by atoms with Crippen molar-refractivity contribution < 1.29 is 4.79 Å². The molecule has 2 atom stereocenters. The average Bonchev–Trinajstić information content (AvgIpc) is 2.84. The van der Waals surface area contributed by atoms with E-state index in [4.69, 9.17) is 0 Å². The maximum absolute atomic E-state index is 14.1. The predicted octanol–water partition coefficient (Wildman–Crippen LogP) is 6.02. The molecule has 2 aromatic heterocycles. The molecular formula is C29H28N2O. The van der Waals surface area contributed by atoms with Gasteiger partial charge in [0.2, 0.25) is 0 Å². The molecule has 0 fully saturated rings. The van der Waals surface area contributed by atoms with Gasteiger partial charge in [0, 0.05) is 36.6 Å². The molecule has 0 aliphatic rings. The van der Waals surface area contributed by atoms with E-state index >= 15 is 0 Å². The van der Waals surface area contributed by atoms with Gasteiger partial charge in [0.25, 0.3) is 0 Å². The van der Waals surface area contributed by atoms with Crippen LogP contribution in [-0.4, -0.2) is 15.8 Å². The summed E-state index contributed by atoms with van der Waals surface area (Å²) in [5.41, 5.74) is 6.77. The van der Waals surface area contributed by atoms with Gasteiger partial charge in [-0.25, -0.2) is 0 Å². The summed E-state index contributed by atoms with van der Waals surface area (Å²) in [6.45, 7) is 4.16. The van der Waals surface area contributed by atoms with E-state index in [-0.39, 0.29) is 17.6 Å². The molecule has 4 aromatic rings. The normalized spacial score (nSPS) is 12.8. The monoisotopic (exact) mass is 420 g/mol. The van der Waals surface area contributed by atoms with Crippen molar-refractivity contribution in [3.63, 3.8) is 0 Å². The summed E-state index contributed by atoms with van der Waals surface area (Å²) in [6.07, 6.45) is 8.41. The molecule has 0 bridgehead atoms. The summed E-state index contributed by atoms with van der Waals surface area (Å²) in [7, 11) is 0. The van der Waals surface area contributed by atoms with Crippen molar-refractivity contribution in [2.45, 2.75) is 38.5 Å². The van der Waals surface area contributed by atoms with Crippen LogP contribution in [0.3, 0.4) is 0 Å². The Morgan fingerprint density at radius 3 is 1.28 bits per heavy atom. The zero-order valence-corrected chi connectivity index (χ0v) is 18.6. The van der Waals surface area contributed by atoms with Gasteiger partial charge in [-0.3, -0.25) is 14.8 Å². The first-order valence-corrected chi connectivity index (χ1v) is 11.0. The van der Waals surface area contributed by atoms with Crippen LogP contribution in [0.1, 0.15) is 45.2 Å². The van der Waals surface area contributed by atoms with Crippen molar-refractivity contribution >= 4 is 5.78 Å². The fraction of sp³-hybridized carbons (Fsp3) is 0.207. The van der Waals surface area contributed by atoms with Crippen molar-refractivity contribution in [3.8, 4) is 0 Å². The van der Waals surface area contributed by atoms with Gasteiger partial charge < -0.3 is 0 Å². The van der Waals surface area contributed by atoms with Gasteiger partial charge in [0.1, 0.15) is 5.78 Å². The van der Waals surface area contributed by atoms with Crippen LogP contribution in [-0.2, 0) is 17.6 Å². The van der Waals surface area contributed by atoms with Crippen molar-refractivity contribution in [1.82, 2.24) is 9.97 Å². The SMILES string of the molecule is Cc1ccc(CC(C(=O)C(Cc2ccc(C)cc2)c2ccncc2)c2ccncc2)cc1. The minimum atomic E-state index is -0.246. The molecular weight excluding hydrogens is 392 g/mol. The van der Waals surface area contributed by atoms with Gasteiger partial charge in [-0.05, 0) is 73.2 Å². The van der Waals surface area contributed by atoms with Gasteiger partial charge in [-0.15, -0.1) is 0 Å². The van der Waals surface area contributed by atoms with Crippen LogP contribution in [0.2, 0.25) is 0 Å². The lowest BCUT2D eigenvalue weighted by molar-refractivity contribution is -0.122. The zero-order valence-electron chi connectivity index (χ0n) is 18.6. The Morgan fingerprint density at radius 2 is 0.938 bits per heavy atom. The van der Waals surface area contributed by atoms with E-state index in [9.17, 15) is 4.79 Å². The number of Topliss-reactive ketones (excluding diaryl/α,β-unsaturated/α-hetero) is 1. The summed E-state index contributed by atoms with van der Waals surface area (Å²) in [6, 6.07) is 24.8. The second kappa shape index (κ2) is 10.1. The van der Waals surface area contributed by atoms with Crippen LogP contribution < -0.4 is 0 Å². The highest BCUT2D eigenvalue weighted by Crippen LogP contribution is 2.32. The van der Waals surface area contributed by atoms with Crippen molar-refractivity contribution in [2.24, 2.45) is 0 Å². The molecule has 32 heavy (non-hydrogen) atoms. The molecule has 0 aliphatic heterocycles. The second-order valence-electron chi connectivity index (χ2n) is 8.45. The average molecular weight is 421 g/mol. The summed E-state index contributed by atoms with van der Waals surface area (Å²) in [5.74, 6) is -0.266. The van der Waals surface area contributed by atoms with Crippen molar-refractivity contribution in [1.29, 1.82) is 0 Å². The molecule has 0 amide bonds. The highest BCUT2D eigenvalue weighted by atomic mass is 16.1. The molecule has 160 valence electrons. The molecule has 2 aromatic carbocycles. The summed E-state index contributed by atoms with van der Waals surface area (Å²) < 4.78 is 0. The third-order valence-electron chi connectivity index (χ3n) is 6.02. The lowest BCUT2D eigenvalue weighted by Gasteiger charge is -2.24. The molecule has 0 N–H and O–H groups in total. The van der Waals surface area contributed by atoms with E-state index in [1.807, 2.05) is 24.3 Å². The minimum Gasteiger partial charge on any atom is -0.298 e. The summed E-state index contributed by atoms with van der Waals surface area (Å²) >= 11 is 0. The number of hydrogen-bond acceptors (Lipinski definition) is 3. The molecule has 3 nitrogen and oxygen atoms in total. The Kier molecular flexibility index (Phi) is 6.86. The van der Waals surface area contributed by atoms with Crippen molar-refractivity contribution in [2.75, 3.05) is 0 Å². The molecule has 4 rings (SSSR count). The Hall–Kier alpha value is -3.59. The standard InChI is InChI=1S/C29H28N2O/c1-21-3-7-23(8-4-21)19-27(25-11-15-30-16-12-25)29(32)28(26-13-17-31-18-14-26)20-24-9-5-22(2)6-10-24/h3-18,27-28H,19-20H2,1-2H3. The van der Waals surface area contributed by atoms with E-state index in [0.717, 1.165) is 22.3 Å². The van der Waals surface area contributed by atoms with Crippen LogP contribution >= 0.6 is 0 Å². The first kappa shape index (κ1) is 21.6. The number of carbonyl (C=O) groups excluding carboxylic acids is 1. The van der Waals surface area contributed by atoms with E-state index in [2.05, 4.69) is 72.3 Å². The Labute approximate surface area is 190 Å². The van der Waals surface area contributed by atoms with E-state index < -0.39 is 0 Å². The fourth-order valence-electron chi connectivity index (χ4n) is 4.12. The predicted molar refractivity (Wildman–Crippen MR) is 129 cm³/mol. The summed E-state index contributed by atoms with van der Waals surface area (Å²) in [5, 5.41) is 0. The third kappa shape index (κ3) is 5.36. The molecule has 2 heterocycles. The number of aryl methyl sites for hydroxylation is 2. The second-order valence-corrected chi connectivity index (χ2v) is 8.45. The van der Waals surface area contributed by atoms with Crippen LogP contribution in [0.25, 0.3) is 0 Å². The lowest BCUT2D eigenvalue weighted by atomic mass is 9.78. The van der Waals surface area contributed by atoms with Gasteiger partial charge in [-0.1, -0.05) is 59.7 Å². The molecule has 2 unspecified atom stereocenters. The lowest BCUT2D eigenvalue weighted by Crippen LogP contribution is -2.24. The number of nitrogens with zero attached hydrogens (tertiary/aromatic N) is 2. The Balaban J connectivity index is 1.71. The van der Waals surface area contributed by atoms with E-state index in [1.165, 1.54) is 11.1 Å². The number of ketones is 1. The van der Waals surface area contributed by atoms with E-state index in [0.29, 0.717) is 12.8 Å². The molecule has 3 heteroatoms. The molecule has 0 saturated carbocycles. The maximum Gasteiger partial charge on any atom is 0.148 e. The highest BCUT2D eigenvalue weighted by molar-refractivity contribution is 5.92. The number of benzene rings is 2. The molecule has 0 spiro atoms. The largest absolute Gasteiger partial charge is 0.298 e. The van der Waals surface area contributed by atoms with Crippen molar-refractivity contribution in [3.05, 3.63) is 131 Å². The van der Waals surface area contributed by atoms with Gasteiger partial charge >= 0.3 is 0 Å². The Bertz CT molecular complexity index is 1040. The number of hydrogen-bond donors (Lipinski definition) is 0. The van der Waals surface area contributed by atoms with Crippen LogP contribution in [0.4, 0.5) is 0 Å². The van der Waals surface area contributed by atoms with Crippen LogP contribution in [0.5, 0.6) is 0 Å². The van der Waals surface area contributed by atoms with Gasteiger partial charge in [0.05, 0.1) is 0 Å². The quantitative estimate of drug-likeness (QED) is 0.350. The highest BCUT2D eigenvalue weighted by Gasteiger charge is 2.30. The van der Waals surface area contributed by atoms with Crippen LogP contribution in [0, 0.1) is 13.8 Å². The first-order chi connectivity index (χ1) is 15.6. The minimum absolute atomic E-state index is 0.226. The van der Waals surface area contributed by atoms with Gasteiger partial charge in [0.15, 0.2) is 0 Å². The van der Waals surface area contributed by atoms with Gasteiger partial charge in [-0.2, -0.15) is 0 Å². The molecule has 0 aliphatic carbocycles. The Morgan fingerprint density at radius 1 is 0.594 bits per heavy atom.